The smallest absolute Gasteiger partial charge is 0.278 e. The van der Waals surface area contributed by atoms with Crippen molar-refractivity contribution in [2.75, 3.05) is 14.2 Å². The molecular formula is C22H29N2O3+. The van der Waals surface area contributed by atoms with Gasteiger partial charge >= 0.3 is 0 Å². The molecule has 3 rings (SSSR count). The van der Waals surface area contributed by atoms with Crippen molar-refractivity contribution in [2.45, 2.75) is 44.9 Å². The van der Waals surface area contributed by atoms with Gasteiger partial charge < -0.3 is 19.7 Å². The number of amides is 1. The monoisotopic (exact) mass is 369 g/mol. The third kappa shape index (κ3) is 5.23. The second-order valence-corrected chi connectivity index (χ2v) is 7.16. The van der Waals surface area contributed by atoms with Gasteiger partial charge in [-0.1, -0.05) is 12.1 Å². The molecule has 0 heterocycles. The number of hydrogen-bond donors (Lipinski definition) is 2. The zero-order valence-electron chi connectivity index (χ0n) is 16.3. The SMILES string of the molecule is COc1ccc(CNC(=O)[C@H](C)[NH+](Cc2ccc(OC)cc2)C2CC2)cc1. The van der Waals surface area contributed by atoms with Crippen LogP contribution in [0.1, 0.15) is 30.9 Å². The Morgan fingerprint density at radius 3 is 2.00 bits per heavy atom. The van der Waals surface area contributed by atoms with E-state index in [1.54, 1.807) is 14.2 Å². The molecule has 1 unspecified atom stereocenters. The Hall–Kier alpha value is -2.53. The number of ether oxygens (including phenoxy) is 2. The first-order valence-electron chi connectivity index (χ1n) is 9.50. The van der Waals surface area contributed by atoms with Crippen LogP contribution in [-0.2, 0) is 17.9 Å². The summed E-state index contributed by atoms with van der Waals surface area (Å²) in [7, 11) is 3.32. The normalized spacial score (nSPS) is 15.7. The van der Waals surface area contributed by atoms with Gasteiger partial charge in [0, 0.05) is 24.9 Å². The topological polar surface area (TPSA) is 52.0 Å². The van der Waals surface area contributed by atoms with Crippen molar-refractivity contribution in [3.8, 4) is 11.5 Å². The zero-order valence-corrected chi connectivity index (χ0v) is 16.3. The fourth-order valence-electron chi connectivity index (χ4n) is 3.34. The number of benzene rings is 2. The lowest BCUT2D eigenvalue weighted by molar-refractivity contribution is -0.938. The van der Waals surface area contributed by atoms with E-state index in [9.17, 15) is 4.79 Å². The number of rotatable bonds is 9. The van der Waals surface area contributed by atoms with Gasteiger partial charge in [-0.25, -0.2) is 0 Å². The summed E-state index contributed by atoms with van der Waals surface area (Å²) in [5, 5.41) is 3.08. The van der Waals surface area contributed by atoms with Crippen LogP contribution >= 0.6 is 0 Å². The van der Waals surface area contributed by atoms with Crippen molar-refractivity contribution in [3.63, 3.8) is 0 Å². The van der Waals surface area contributed by atoms with Gasteiger partial charge in [0.25, 0.3) is 5.91 Å². The Labute approximate surface area is 161 Å². The summed E-state index contributed by atoms with van der Waals surface area (Å²) in [6.45, 7) is 3.42. The van der Waals surface area contributed by atoms with Crippen LogP contribution in [0.4, 0.5) is 0 Å². The summed E-state index contributed by atoms with van der Waals surface area (Å²) < 4.78 is 10.4. The number of methoxy groups -OCH3 is 2. The number of quaternary nitrogens is 1. The molecule has 2 N–H and O–H groups in total. The van der Waals surface area contributed by atoms with Crippen LogP contribution in [0.2, 0.25) is 0 Å². The van der Waals surface area contributed by atoms with E-state index in [-0.39, 0.29) is 11.9 Å². The molecule has 0 aliphatic heterocycles. The summed E-state index contributed by atoms with van der Waals surface area (Å²) in [5.74, 6) is 1.78. The van der Waals surface area contributed by atoms with Crippen molar-refractivity contribution in [1.29, 1.82) is 0 Å². The molecule has 0 saturated heterocycles. The molecule has 1 amide bonds. The van der Waals surface area contributed by atoms with Gasteiger partial charge in [0.05, 0.1) is 20.3 Å². The van der Waals surface area contributed by atoms with Gasteiger partial charge in [-0.05, 0) is 48.9 Å². The van der Waals surface area contributed by atoms with Crippen LogP contribution in [0.5, 0.6) is 11.5 Å². The number of nitrogens with one attached hydrogen (secondary N) is 2. The fraction of sp³-hybridized carbons (Fsp3) is 0.409. The largest absolute Gasteiger partial charge is 0.497 e. The summed E-state index contributed by atoms with van der Waals surface area (Å²) in [4.78, 5) is 14.1. The molecule has 1 fully saturated rings. The average molecular weight is 369 g/mol. The van der Waals surface area contributed by atoms with Crippen LogP contribution in [0.25, 0.3) is 0 Å². The molecule has 0 bridgehead atoms. The van der Waals surface area contributed by atoms with Gasteiger partial charge in [0.2, 0.25) is 0 Å². The Bertz CT molecular complexity index is 739. The molecule has 144 valence electrons. The molecule has 1 saturated carbocycles. The maximum Gasteiger partial charge on any atom is 0.278 e. The van der Waals surface area contributed by atoms with E-state index in [1.165, 1.54) is 23.3 Å². The minimum Gasteiger partial charge on any atom is -0.497 e. The van der Waals surface area contributed by atoms with E-state index in [0.717, 1.165) is 23.6 Å². The van der Waals surface area contributed by atoms with Gasteiger partial charge in [-0.15, -0.1) is 0 Å². The van der Waals surface area contributed by atoms with Crippen molar-refractivity contribution >= 4 is 5.91 Å². The number of carbonyl (C=O) groups is 1. The molecule has 1 aliphatic carbocycles. The summed E-state index contributed by atoms with van der Waals surface area (Å²) >= 11 is 0. The van der Waals surface area contributed by atoms with Crippen LogP contribution in [0.3, 0.4) is 0 Å². The minimum atomic E-state index is -0.0853. The lowest BCUT2D eigenvalue weighted by atomic mass is 10.1. The number of hydrogen-bond acceptors (Lipinski definition) is 3. The first-order chi connectivity index (χ1) is 13.1. The van der Waals surface area contributed by atoms with E-state index in [2.05, 4.69) is 17.4 Å². The molecule has 5 nitrogen and oxygen atoms in total. The maximum atomic E-state index is 12.7. The predicted octanol–water partition coefficient (Wildman–Crippen LogP) is 1.96. The van der Waals surface area contributed by atoms with Crippen LogP contribution in [-0.4, -0.2) is 32.2 Å². The van der Waals surface area contributed by atoms with E-state index in [1.807, 2.05) is 43.3 Å². The van der Waals surface area contributed by atoms with Gasteiger partial charge in [-0.3, -0.25) is 4.79 Å². The minimum absolute atomic E-state index is 0.0853. The second-order valence-electron chi connectivity index (χ2n) is 7.16. The van der Waals surface area contributed by atoms with Crippen LogP contribution in [0.15, 0.2) is 48.5 Å². The van der Waals surface area contributed by atoms with Crippen molar-refractivity contribution in [2.24, 2.45) is 0 Å². The van der Waals surface area contributed by atoms with Gasteiger partial charge in [0.1, 0.15) is 18.0 Å². The predicted molar refractivity (Wildman–Crippen MR) is 105 cm³/mol. The lowest BCUT2D eigenvalue weighted by Gasteiger charge is -2.25. The summed E-state index contributed by atoms with van der Waals surface area (Å²) in [5.41, 5.74) is 2.30. The quantitative estimate of drug-likeness (QED) is 0.710. The van der Waals surface area contributed by atoms with E-state index >= 15 is 0 Å². The highest BCUT2D eigenvalue weighted by Gasteiger charge is 2.39. The Morgan fingerprint density at radius 1 is 1.00 bits per heavy atom. The fourth-order valence-corrected chi connectivity index (χ4v) is 3.34. The van der Waals surface area contributed by atoms with Gasteiger partial charge in [0.15, 0.2) is 6.04 Å². The van der Waals surface area contributed by atoms with E-state index in [0.29, 0.717) is 12.6 Å². The molecule has 2 aromatic carbocycles. The molecule has 27 heavy (non-hydrogen) atoms. The molecule has 1 aliphatic rings. The van der Waals surface area contributed by atoms with Crippen molar-refractivity contribution in [1.82, 2.24) is 5.32 Å². The third-order valence-corrected chi connectivity index (χ3v) is 5.24. The standard InChI is InChI=1S/C22H28N2O3/c1-16(22(25)23-14-17-4-10-20(26-2)11-5-17)24(19-8-9-19)15-18-6-12-21(27-3)13-7-18/h4-7,10-13,16,19H,8-9,14-15H2,1-3H3,(H,23,25)/p+1/t16-/m0/s1. The van der Waals surface area contributed by atoms with Crippen LogP contribution < -0.4 is 19.7 Å². The first-order valence-corrected chi connectivity index (χ1v) is 9.50. The lowest BCUT2D eigenvalue weighted by Crippen LogP contribution is -3.16. The Balaban J connectivity index is 1.58. The Morgan fingerprint density at radius 2 is 1.52 bits per heavy atom. The molecule has 2 atom stereocenters. The van der Waals surface area contributed by atoms with Crippen molar-refractivity contribution in [3.05, 3.63) is 59.7 Å². The van der Waals surface area contributed by atoms with Crippen molar-refractivity contribution < 1.29 is 19.2 Å². The molecule has 5 heteroatoms. The summed E-state index contributed by atoms with van der Waals surface area (Å²) in [6, 6.07) is 16.4. The first kappa shape index (κ1) is 19.2. The van der Waals surface area contributed by atoms with E-state index < -0.39 is 0 Å². The second kappa shape index (κ2) is 8.91. The highest BCUT2D eigenvalue weighted by Crippen LogP contribution is 2.17. The summed E-state index contributed by atoms with van der Waals surface area (Å²) in [6.07, 6.45) is 2.39. The number of carbonyl (C=O) groups excluding carboxylic acids is 1. The Kier molecular flexibility index (Phi) is 6.35. The average Bonchev–Trinajstić information content (AvgIpc) is 3.55. The third-order valence-electron chi connectivity index (χ3n) is 5.24. The van der Waals surface area contributed by atoms with E-state index in [4.69, 9.17) is 9.47 Å². The molecule has 0 spiro atoms. The maximum absolute atomic E-state index is 12.7. The highest BCUT2D eigenvalue weighted by atomic mass is 16.5. The van der Waals surface area contributed by atoms with Gasteiger partial charge in [-0.2, -0.15) is 0 Å². The van der Waals surface area contributed by atoms with Crippen LogP contribution in [0, 0.1) is 0 Å². The highest BCUT2D eigenvalue weighted by molar-refractivity contribution is 5.79. The zero-order chi connectivity index (χ0) is 19.2. The molecule has 0 aromatic heterocycles. The molecule has 2 aromatic rings. The molecule has 0 radical (unpaired) electrons. The molecular weight excluding hydrogens is 340 g/mol.